The van der Waals surface area contributed by atoms with Crippen LogP contribution in [0.4, 0.5) is 5.82 Å². The molecular formula is C12H17N3. The summed E-state index contributed by atoms with van der Waals surface area (Å²) in [5.74, 6) is 1.07. The Labute approximate surface area is 90.9 Å². The van der Waals surface area contributed by atoms with Crippen molar-refractivity contribution < 1.29 is 0 Å². The third kappa shape index (κ3) is 2.01. The van der Waals surface area contributed by atoms with Gasteiger partial charge in [-0.05, 0) is 26.7 Å². The van der Waals surface area contributed by atoms with Crippen LogP contribution in [0.1, 0.15) is 24.1 Å². The first-order valence-electron chi connectivity index (χ1n) is 5.38. The van der Waals surface area contributed by atoms with Gasteiger partial charge in [0.15, 0.2) is 0 Å². The number of piperidine rings is 1. The van der Waals surface area contributed by atoms with Crippen molar-refractivity contribution in [2.24, 2.45) is 0 Å². The van der Waals surface area contributed by atoms with Crippen molar-refractivity contribution in [1.29, 1.82) is 0 Å². The topological polar surface area (TPSA) is 29.0 Å². The van der Waals surface area contributed by atoms with E-state index in [-0.39, 0.29) is 0 Å². The molecule has 2 rings (SSSR count). The van der Waals surface area contributed by atoms with Crippen molar-refractivity contribution in [3.63, 3.8) is 0 Å². The van der Waals surface area contributed by atoms with Gasteiger partial charge in [-0.25, -0.2) is 9.97 Å². The molecule has 0 unspecified atom stereocenters. The van der Waals surface area contributed by atoms with Crippen LogP contribution >= 0.6 is 0 Å². The summed E-state index contributed by atoms with van der Waals surface area (Å²) in [6, 6.07) is 0. The molecule has 1 aromatic rings. The standard InChI is InChI=1S/C12H17N3/c1-9-5-4-6-15(7-9)12-10(2)11(3)13-8-14-12/h8H,1,4-7H2,2-3H3. The number of hydrogen-bond donors (Lipinski definition) is 0. The quantitative estimate of drug-likeness (QED) is 0.655. The van der Waals surface area contributed by atoms with E-state index in [0.29, 0.717) is 0 Å². The highest BCUT2D eigenvalue weighted by Crippen LogP contribution is 2.23. The Hall–Kier alpha value is -1.38. The van der Waals surface area contributed by atoms with Crippen molar-refractivity contribution in [2.45, 2.75) is 26.7 Å². The monoisotopic (exact) mass is 203 g/mol. The van der Waals surface area contributed by atoms with Crippen molar-refractivity contribution in [3.05, 3.63) is 29.7 Å². The van der Waals surface area contributed by atoms with Crippen molar-refractivity contribution in [1.82, 2.24) is 9.97 Å². The van der Waals surface area contributed by atoms with Crippen molar-refractivity contribution in [2.75, 3.05) is 18.0 Å². The molecule has 1 saturated heterocycles. The largest absolute Gasteiger partial charge is 0.352 e. The molecule has 0 spiro atoms. The van der Waals surface area contributed by atoms with E-state index in [1.54, 1.807) is 6.33 Å². The van der Waals surface area contributed by atoms with Gasteiger partial charge in [0.1, 0.15) is 12.1 Å². The second-order valence-electron chi connectivity index (χ2n) is 4.18. The fourth-order valence-electron chi connectivity index (χ4n) is 1.97. The lowest BCUT2D eigenvalue weighted by Gasteiger charge is -2.30. The minimum absolute atomic E-state index is 0.942. The third-order valence-corrected chi connectivity index (χ3v) is 2.98. The Morgan fingerprint density at radius 2 is 2.13 bits per heavy atom. The number of rotatable bonds is 1. The maximum atomic E-state index is 4.37. The minimum Gasteiger partial charge on any atom is -0.352 e. The predicted octanol–water partition coefficient (Wildman–Crippen LogP) is 2.25. The van der Waals surface area contributed by atoms with Gasteiger partial charge in [0, 0.05) is 24.3 Å². The van der Waals surface area contributed by atoms with E-state index in [2.05, 4.69) is 28.4 Å². The Bertz CT molecular complexity index is 384. The van der Waals surface area contributed by atoms with Gasteiger partial charge in [-0.2, -0.15) is 0 Å². The number of anilines is 1. The molecule has 0 atom stereocenters. The Morgan fingerprint density at radius 1 is 1.33 bits per heavy atom. The normalized spacial score (nSPS) is 16.9. The van der Waals surface area contributed by atoms with E-state index in [4.69, 9.17) is 0 Å². The second-order valence-corrected chi connectivity index (χ2v) is 4.18. The number of hydrogen-bond acceptors (Lipinski definition) is 3. The summed E-state index contributed by atoms with van der Waals surface area (Å²) < 4.78 is 0. The van der Waals surface area contributed by atoms with Crippen molar-refractivity contribution in [3.8, 4) is 0 Å². The Morgan fingerprint density at radius 3 is 2.87 bits per heavy atom. The summed E-state index contributed by atoms with van der Waals surface area (Å²) in [5, 5.41) is 0. The zero-order valence-corrected chi connectivity index (χ0v) is 9.45. The van der Waals surface area contributed by atoms with E-state index < -0.39 is 0 Å². The highest BCUT2D eigenvalue weighted by molar-refractivity contribution is 5.49. The SMILES string of the molecule is C=C1CCCN(c2ncnc(C)c2C)C1. The summed E-state index contributed by atoms with van der Waals surface area (Å²) in [7, 11) is 0. The maximum absolute atomic E-state index is 4.37. The molecule has 0 bridgehead atoms. The molecule has 0 aliphatic carbocycles. The first-order valence-corrected chi connectivity index (χ1v) is 5.38. The molecule has 0 amide bonds. The zero-order chi connectivity index (χ0) is 10.8. The maximum Gasteiger partial charge on any atom is 0.135 e. The third-order valence-electron chi connectivity index (χ3n) is 2.98. The van der Waals surface area contributed by atoms with Crippen LogP contribution in [-0.4, -0.2) is 23.1 Å². The Balaban J connectivity index is 2.28. The predicted molar refractivity (Wildman–Crippen MR) is 62.1 cm³/mol. The average Bonchev–Trinajstić information content (AvgIpc) is 2.22. The summed E-state index contributed by atoms with van der Waals surface area (Å²) in [4.78, 5) is 10.9. The van der Waals surface area contributed by atoms with Crippen molar-refractivity contribution >= 4 is 5.82 Å². The first kappa shape index (κ1) is 10.1. The molecule has 0 aromatic carbocycles. The number of aryl methyl sites for hydroxylation is 1. The summed E-state index contributed by atoms with van der Waals surface area (Å²) in [6.45, 7) is 10.2. The molecule has 15 heavy (non-hydrogen) atoms. The van der Waals surface area contributed by atoms with Gasteiger partial charge >= 0.3 is 0 Å². The summed E-state index contributed by atoms with van der Waals surface area (Å²) in [6.07, 6.45) is 3.98. The molecule has 1 aliphatic rings. The molecule has 3 nitrogen and oxygen atoms in total. The van der Waals surface area contributed by atoms with E-state index in [1.165, 1.54) is 17.6 Å². The lowest BCUT2D eigenvalue weighted by Crippen LogP contribution is -2.32. The van der Waals surface area contributed by atoms with Gasteiger partial charge in [-0.1, -0.05) is 12.2 Å². The van der Waals surface area contributed by atoms with E-state index in [9.17, 15) is 0 Å². The molecule has 0 radical (unpaired) electrons. The molecular weight excluding hydrogens is 186 g/mol. The lowest BCUT2D eigenvalue weighted by atomic mass is 10.1. The van der Waals surface area contributed by atoms with Gasteiger partial charge in [0.2, 0.25) is 0 Å². The van der Waals surface area contributed by atoms with Gasteiger partial charge in [0.25, 0.3) is 0 Å². The fourth-order valence-corrected chi connectivity index (χ4v) is 1.97. The van der Waals surface area contributed by atoms with Crippen LogP contribution in [0.15, 0.2) is 18.5 Å². The highest BCUT2D eigenvalue weighted by Gasteiger charge is 2.16. The minimum atomic E-state index is 0.942. The molecule has 80 valence electrons. The van der Waals surface area contributed by atoms with Crippen LogP contribution in [0.5, 0.6) is 0 Å². The van der Waals surface area contributed by atoms with Gasteiger partial charge < -0.3 is 4.90 Å². The van der Waals surface area contributed by atoms with Gasteiger partial charge in [0.05, 0.1) is 0 Å². The number of aromatic nitrogens is 2. The van der Waals surface area contributed by atoms with Gasteiger partial charge in [-0.15, -0.1) is 0 Å². The summed E-state index contributed by atoms with van der Waals surface area (Å²) >= 11 is 0. The molecule has 1 aliphatic heterocycles. The van der Waals surface area contributed by atoms with E-state index in [0.717, 1.165) is 31.0 Å². The second kappa shape index (κ2) is 4.01. The molecule has 2 heterocycles. The highest BCUT2D eigenvalue weighted by atomic mass is 15.2. The fraction of sp³-hybridized carbons (Fsp3) is 0.500. The van der Waals surface area contributed by atoms with Crippen LogP contribution in [0.25, 0.3) is 0 Å². The average molecular weight is 203 g/mol. The summed E-state index contributed by atoms with van der Waals surface area (Å²) in [5.41, 5.74) is 3.56. The number of nitrogens with zero attached hydrogens (tertiary/aromatic N) is 3. The first-order chi connectivity index (χ1) is 7.18. The zero-order valence-electron chi connectivity index (χ0n) is 9.45. The Kier molecular flexibility index (Phi) is 2.71. The molecule has 0 saturated carbocycles. The van der Waals surface area contributed by atoms with Gasteiger partial charge in [-0.3, -0.25) is 0 Å². The van der Waals surface area contributed by atoms with Crippen LogP contribution in [0, 0.1) is 13.8 Å². The van der Waals surface area contributed by atoms with E-state index in [1.807, 2.05) is 6.92 Å². The van der Waals surface area contributed by atoms with E-state index >= 15 is 0 Å². The van der Waals surface area contributed by atoms with Crippen LogP contribution in [-0.2, 0) is 0 Å². The molecule has 3 heteroatoms. The lowest BCUT2D eigenvalue weighted by molar-refractivity contribution is 0.669. The molecule has 1 fully saturated rings. The van der Waals surface area contributed by atoms with Crippen LogP contribution < -0.4 is 4.90 Å². The molecule has 1 aromatic heterocycles. The molecule has 0 N–H and O–H groups in total. The smallest absolute Gasteiger partial charge is 0.135 e. The van der Waals surface area contributed by atoms with Crippen LogP contribution in [0.2, 0.25) is 0 Å². The van der Waals surface area contributed by atoms with Crippen LogP contribution in [0.3, 0.4) is 0 Å².